The summed E-state index contributed by atoms with van der Waals surface area (Å²) in [5, 5.41) is 8.45. The lowest BCUT2D eigenvalue weighted by atomic mass is 10.4. The van der Waals surface area contributed by atoms with Crippen molar-refractivity contribution in [2.75, 3.05) is 46.6 Å². The third-order valence-corrected chi connectivity index (χ3v) is 1.75. The molecule has 0 spiro atoms. The second-order valence-electron chi connectivity index (χ2n) is 3.32. The molecule has 0 aliphatic rings. The zero-order valence-electron chi connectivity index (χ0n) is 9.50. The number of carboxylic acids is 1. The van der Waals surface area contributed by atoms with Gasteiger partial charge in [-0.2, -0.15) is 13.2 Å². The molecule has 0 aromatic carbocycles. The topological polar surface area (TPSA) is 59.0 Å². The maximum atomic E-state index is 12.1. The molecule has 0 heterocycles. The van der Waals surface area contributed by atoms with Crippen LogP contribution in [0.4, 0.5) is 13.2 Å². The Morgan fingerprint density at radius 2 is 1.94 bits per heavy atom. The highest BCUT2D eigenvalue weighted by Gasteiger charge is 2.31. The van der Waals surface area contributed by atoms with Gasteiger partial charge in [0.1, 0.15) is 0 Å². The fourth-order valence-electron chi connectivity index (χ4n) is 1.10. The number of carboxylic acid groups (broad SMARTS) is 1. The number of rotatable bonds is 9. The van der Waals surface area contributed by atoms with E-state index in [4.69, 9.17) is 9.84 Å². The van der Waals surface area contributed by atoms with E-state index in [1.54, 1.807) is 0 Å². The highest BCUT2D eigenvalue weighted by molar-refractivity contribution is 5.69. The normalized spacial score (nSPS) is 12.1. The molecule has 0 aliphatic heterocycles. The Balaban J connectivity index is 3.90. The number of hydrogen-bond donors (Lipinski definition) is 1. The summed E-state index contributed by atoms with van der Waals surface area (Å²) in [7, 11) is 1.48. The summed E-state index contributed by atoms with van der Waals surface area (Å²) in [4.78, 5) is 11.1. The van der Waals surface area contributed by atoms with E-state index in [9.17, 15) is 18.0 Å². The van der Waals surface area contributed by atoms with Crippen molar-refractivity contribution in [3.8, 4) is 0 Å². The predicted octanol–water partition coefficient (Wildman–Crippen LogP) is 0.598. The third kappa shape index (κ3) is 11.4. The molecule has 17 heavy (non-hydrogen) atoms. The van der Waals surface area contributed by atoms with Gasteiger partial charge in [-0.15, -0.1) is 0 Å². The number of hydrogen-bond acceptors (Lipinski definition) is 4. The second kappa shape index (κ2) is 8.26. The van der Waals surface area contributed by atoms with Gasteiger partial charge in [-0.05, 0) is 0 Å². The summed E-state index contributed by atoms with van der Waals surface area (Å²) >= 11 is 0. The third-order valence-electron chi connectivity index (χ3n) is 1.75. The maximum Gasteiger partial charge on any atom is 0.401 e. The van der Waals surface area contributed by atoms with Crippen LogP contribution in [-0.2, 0) is 14.3 Å². The first kappa shape index (κ1) is 16.1. The second-order valence-corrected chi connectivity index (χ2v) is 3.32. The SMILES string of the molecule is COCCOCCN(CC(=O)O)CC(F)(F)F. The lowest BCUT2D eigenvalue weighted by molar-refractivity contribution is -0.155. The molecular weight excluding hydrogens is 243 g/mol. The molecule has 102 valence electrons. The van der Waals surface area contributed by atoms with Crippen molar-refractivity contribution in [3.05, 3.63) is 0 Å². The van der Waals surface area contributed by atoms with Crippen LogP contribution in [0.2, 0.25) is 0 Å². The van der Waals surface area contributed by atoms with E-state index in [0.29, 0.717) is 6.61 Å². The average molecular weight is 259 g/mol. The van der Waals surface area contributed by atoms with Crippen molar-refractivity contribution in [2.24, 2.45) is 0 Å². The molecule has 0 fully saturated rings. The standard InChI is InChI=1S/C9H16F3NO4/c1-16-4-5-17-3-2-13(6-8(14)15)7-9(10,11)12/h2-7H2,1H3,(H,14,15). The predicted molar refractivity (Wildman–Crippen MR) is 52.8 cm³/mol. The number of methoxy groups -OCH3 is 1. The first-order chi connectivity index (χ1) is 7.85. The molecule has 0 atom stereocenters. The van der Waals surface area contributed by atoms with Crippen LogP contribution in [0, 0.1) is 0 Å². The van der Waals surface area contributed by atoms with Crippen LogP contribution < -0.4 is 0 Å². The number of halogens is 3. The smallest absolute Gasteiger partial charge is 0.401 e. The number of carbonyl (C=O) groups is 1. The van der Waals surface area contributed by atoms with Gasteiger partial charge < -0.3 is 14.6 Å². The van der Waals surface area contributed by atoms with Crippen LogP contribution >= 0.6 is 0 Å². The van der Waals surface area contributed by atoms with Crippen molar-refractivity contribution in [1.82, 2.24) is 4.90 Å². The molecule has 0 rings (SSSR count). The molecule has 0 unspecified atom stereocenters. The molecule has 0 aliphatic carbocycles. The van der Waals surface area contributed by atoms with E-state index in [0.717, 1.165) is 4.90 Å². The minimum atomic E-state index is -4.41. The Morgan fingerprint density at radius 3 is 2.41 bits per heavy atom. The minimum Gasteiger partial charge on any atom is -0.480 e. The van der Waals surface area contributed by atoms with Crippen LogP contribution in [0.1, 0.15) is 0 Å². The zero-order valence-corrected chi connectivity index (χ0v) is 9.50. The zero-order chi connectivity index (χ0) is 13.3. The number of alkyl halides is 3. The summed E-state index contributed by atoms with van der Waals surface area (Å²) in [6.45, 7) is -1.36. The number of aliphatic carboxylic acids is 1. The molecule has 0 saturated carbocycles. The molecule has 8 heteroatoms. The molecule has 0 aromatic rings. The van der Waals surface area contributed by atoms with E-state index in [-0.39, 0.29) is 19.8 Å². The van der Waals surface area contributed by atoms with Gasteiger partial charge in [0, 0.05) is 13.7 Å². The largest absolute Gasteiger partial charge is 0.480 e. The van der Waals surface area contributed by atoms with Crippen molar-refractivity contribution in [3.63, 3.8) is 0 Å². The molecular formula is C9H16F3NO4. The van der Waals surface area contributed by atoms with Crippen LogP contribution in [0.25, 0.3) is 0 Å². The Kier molecular flexibility index (Phi) is 7.85. The van der Waals surface area contributed by atoms with E-state index >= 15 is 0 Å². The van der Waals surface area contributed by atoms with Crippen molar-refractivity contribution in [1.29, 1.82) is 0 Å². The quantitative estimate of drug-likeness (QED) is 0.614. The van der Waals surface area contributed by atoms with Gasteiger partial charge in [-0.25, -0.2) is 0 Å². The fourth-order valence-corrected chi connectivity index (χ4v) is 1.10. The summed E-state index contributed by atoms with van der Waals surface area (Å²) in [6.07, 6.45) is -4.41. The fraction of sp³-hybridized carbons (Fsp3) is 0.889. The highest BCUT2D eigenvalue weighted by atomic mass is 19.4. The molecule has 5 nitrogen and oxygen atoms in total. The van der Waals surface area contributed by atoms with Crippen molar-refractivity contribution in [2.45, 2.75) is 6.18 Å². The molecule has 0 saturated heterocycles. The monoisotopic (exact) mass is 259 g/mol. The van der Waals surface area contributed by atoms with E-state index in [1.807, 2.05) is 0 Å². The lowest BCUT2D eigenvalue weighted by Gasteiger charge is -2.21. The lowest BCUT2D eigenvalue weighted by Crippen LogP contribution is -2.39. The minimum absolute atomic E-state index is 0.0344. The first-order valence-electron chi connectivity index (χ1n) is 4.92. The maximum absolute atomic E-state index is 12.1. The Bertz CT molecular complexity index is 223. The molecule has 0 radical (unpaired) electrons. The van der Waals surface area contributed by atoms with Crippen LogP contribution in [0.5, 0.6) is 0 Å². The number of ether oxygens (including phenoxy) is 2. The van der Waals surface area contributed by atoms with Gasteiger partial charge in [-0.3, -0.25) is 9.69 Å². The number of nitrogens with zero attached hydrogens (tertiary/aromatic N) is 1. The summed E-state index contributed by atoms with van der Waals surface area (Å²) in [6, 6.07) is 0. The van der Waals surface area contributed by atoms with Crippen LogP contribution in [0.3, 0.4) is 0 Å². The van der Waals surface area contributed by atoms with E-state index in [1.165, 1.54) is 7.11 Å². The Hall–Kier alpha value is -0.860. The summed E-state index contributed by atoms with van der Waals surface area (Å²) < 4.78 is 45.9. The van der Waals surface area contributed by atoms with E-state index in [2.05, 4.69) is 4.74 Å². The van der Waals surface area contributed by atoms with Gasteiger partial charge in [0.05, 0.1) is 32.9 Å². The van der Waals surface area contributed by atoms with Crippen molar-refractivity contribution < 1.29 is 32.5 Å². The Morgan fingerprint density at radius 1 is 1.29 bits per heavy atom. The van der Waals surface area contributed by atoms with Gasteiger partial charge >= 0.3 is 12.1 Å². The van der Waals surface area contributed by atoms with Gasteiger partial charge in [0.25, 0.3) is 0 Å². The average Bonchev–Trinajstić information content (AvgIpc) is 2.13. The van der Waals surface area contributed by atoms with E-state index < -0.39 is 25.2 Å². The molecule has 0 amide bonds. The van der Waals surface area contributed by atoms with Crippen molar-refractivity contribution >= 4 is 5.97 Å². The summed E-state index contributed by atoms with van der Waals surface area (Å²) in [5.74, 6) is -1.30. The molecule has 0 bridgehead atoms. The molecule has 0 aromatic heterocycles. The Labute approximate surface area is 97.1 Å². The van der Waals surface area contributed by atoms with Gasteiger partial charge in [0.15, 0.2) is 0 Å². The van der Waals surface area contributed by atoms with Crippen LogP contribution in [-0.4, -0.2) is 68.7 Å². The van der Waals surface area contributed by atoms with Gasteiger partial charge in [-0.1, -0.05) is 0 Å². The first-order valence-corrected chi connectivity index (χ1v) is 4.92. The summed E-state index contributed by atoms with van der Waals surface area (Å²) in [5.41, 5.74) is 0. The highest BCUT2D eigenvalue weighted by Crippen LogP contribution is 2.16. The van der Waals surface area contributed by atoms with Gasteiger partial charge in [0.2, 0.25) is 0 Å². The molecule has 1 N–H and O–H groups in total. The van der Waals surface area contributed by atoms with Crippen LogP contribution in [0.15, 0.2) is 0 Å².